The molecule has 0 fully saturated rings. The van der Waals surface area contributed by atoms with Crippen LogP contribution >= 0.6 is 0 Å². The fourth-order valence-corrected chi connectivity index (χ4v) is 2.83. The third-order valence-electron chi connectivity index (χ3n) is 4.77. The molecule has 0 bridgehead atoms. The van der Waals surface area contributed by atoms with Gasteiger partial charge in [0.1, 0.15) is 17.2 Å². The van der Waals surface area contributed by atoms with Gasteiger partial charge in [-0.15, -0.1) is 0 Å². The van der Waals surface area contributed by atoms with Gasteiger partial charge in [-0.25, -0.2) is 10.2 Å². The molecule has 10 nitrogen and oxygen atoms in total. The number of hydrogen-bond acceptors (Lipinski definition) is 8. The summed E-state index contributed by atoms with van der Waals surface area (Å²) in [4.78, 5) is 34.3. The first kappa shape index (κ1) is 25.9. The SMILES string of the molecule is CCCCOc1ccc(C(=O)Oc2ccc(/C=N/NC(=O)COc3ccc([N+](=O)[O-])cc3)cc2)cc1. The minimum atomic E-state index is -0.523. The van der Waals surface area contributed by atoms with Crippen molar-refractivity contribution in [1.82, 2.24) is 5.43 Å². The standard InChI is InChI=1S/C26H25N3O7/c1-2-3-16-34-22-12-6-20(7-13-22)26(31)36-24-10-4-19(5-11-24)17-27-28-25(30)18-35-23-14-8-21(9-15-23)29(32)33/h4-15,17H,2-3,16,18H2,1H3,(H,28,30)/b27-17+. The van der Waals surface area contributed by atoms with E-state index in [0.717, 1.165) is 12.8 Å². The highest BCUT2D eigenvalue weighted by atomic mass is 16.6. The van der Waals surface area contributed by atoms with E-state index in [4.69, 9.17) is 14.2 Å². The Morgan fingerprint density at radius 3 is 2.17 bits per heavy atom. The highest BCUT2D eigenvalue weighted by Gasteiger charge is 2.09. The molecule has 3 aromatic rings. The number of carbonyl (C=O) groups is 2. The maximum Gasteiger partial charge on any atom is 0.343 e. The Hall–Kier alpha value is -4.73. The van der Waals surface area contributed by atoms with Crippen LogP contribution in [-0.2, 0) is 4.79 Å². The molecule has 0 unspecified atom stereocenters. The fraction of sp³-hybridized carbons (Fsp3) is 0.192. The lowest BCUT2D eigenvalue weighted by molar-refractivity contribution is -0.384. The smallest absolute Gasteiger partial charge is 0.343 e. The monoisotopic (exact) mass is 491 g/mol. The number of ether oxygens (including phenoxy) is 3. The number of rotatable bonds is 12. The van der Waals surface area contributed by atoms with Crippen molar-refractivity contribution in [2.75, 3.05) is 13.2 Å². The molecule has 0 atom stereocenters. The molecule has 0 aliphatic rings. The highest BCUT2D eigenvalue weighted by Crippen LogP contribution is 2.18. The minimum Gasteiger partial charge on any atom is -0.494 e. The van der Waals surface area contributed by atoms with E-state index >= 15 is 0 Å². The first-order chi connectivity index (χ1) is 17.4. The summed E-state index contributed by atoms with van der Waals surface area (Å²) in [6, 6.07) is 18.7. The van der Waals surface area contributed by atoms with Crippen molar-refractivity contribution in [2.24, 2.45) is 5.10 Å². The van der Waals surface area contributed by atoms with E-state index in [1.165, 1.54) is 30.5 Å². The Bertz CT molecular complexity index is 1190. The molecule has 1 amide bonds. The lowest BCUT2D eigenvalue weighted by atomic mass is 10.2. The number of unbranched alkanes of at least 4 members (excludes halogenated alkanes) is 1. The van der Waals surface area contributed by atoms with E-state index in [1.54, 1.807) is 48.5 Å². The molecule has 3 aromatic carbocycles. The van der Waals surface area contributed by atoms with Gasteiger partial charge in [-0.1, -0.05) is 13.3 Å². The second-order valence-corrected chi connectivity index (χ2v) is 7.52. The Morgan fingerprint density at radius 1 is 0.917 bits per heavy atom. The molecule has 0 aliphatic carbocycles. The first-order valence-corrected chi connectivity index (χ1v) is 11.2. The Labute approximate surface area is 207 Å². The maximum atomic E-state index is 12.3. The van der Waals surface area contributed by atoms with Gasteiger partial charge >= 0.3 is 5.97 Å². The Morgan fingerprint density at radius 2 is 1.53 bits per heavy atom. The van der Waals surface area contributed by atoms with Crippen LogP contribution in [-0.4, -0.2) is 36.2 Å². The van der Waals surface area contributed by atoms with Gasteiger partial charge in [0, 0.05) is 12.1 Å². The van der Waals surface area contributed by atoms with E-state index in [9.17, 15) is 19.7 Å². The lowest BCUT2D eigenvalue weighted by Gasteiger charge is -2.07. The first-order valence-electron chi connectivity index (χ1n) is 11.2. The molecule has 0 heterocycles. The second-order valence-electron chi connectivity index (χ2n) is 7.52. The number of benzene rings is 3. The van der Waals surface area contributed by atoms with Crippen LogP contribution in [0.3, 0.4) is 0 Å². The zero-order valence-electron chi connectivity index (χ0n) is 19.6. The van der Waals surface area contributed by atoms with E-state index < -0.39 is 16.8 Å². The van der Waals surface area contributed by atoms with E-state index in [1.807, 2.05) is 0 Å². The predicted octanol–water partition coefficient (Wildman–Crippen LogP) is 4.52. The highest BCUT2D eigenvalue weighted by molar-refractivity contribution is 5.91. The van der Waals surface area contributed by atoms with Gasteiger partial charge in [-0.05, 0) is 72.6 Å². The zero-order valence-corrected chi connectivity index (χ0v) is 19.6. The molecule has 1 N–H and O–H groups in total. The molecule has 3 rings (SSSR count). The van der Waals surface area contributed by atoms with Gasteiger partial charge in [0.15, 0.2) is 6.61 Å². The van der Waals surface area contributed by atoms with Crippen molar-refractivity contribution in [3.8, 4) is 17.2 Å². The summed E-state index contributed by atoms with van der Waals surface area (Å²) in [6.07, 6.45) is 3.44. The van der Waals surface area contributed by atoms with Crippen molar-refractivity contribution in [3.05, 3.63) is 94.0 Å². The molecule has 186 valence electrons. The number of nitro benzene ring substituents is 1. The average Bonchev–Trinajstić information content (AvgIpc) is 2.89. The summed E-state index contributed by atoms with van der Waals surface area (Å²) < 4.78 is 16.2. The minimum absolute atomic E-state index is 0.0703. The molecule has 36 heavy (non-hydrogen) atoms. The van der Waals surface area contributed by atoms with Crippen LogP contribution in [0.4, 0.5) is 5.69 Å². The fourth-order valence-electron chi connectivity index (χ4n) is 2.83. The molecule has 0 saturated heterocycles. The molecular formula is C26H25N3O7. The number of hydrazone groups is 1. The van der Waals surface area contributed by atoms with Crippen molar-refractivity contribution in [3.63, 3.8) is 0 Å². The van der Waals surface area contributed by atoms with Crippen molar-refractivity contribution >= 4 is 23.8 Å². The second kappa shape index (κ2) is 13.2. The quantitative estimate of drug-likeness (QED) is 0.0984. The number of hydrogen-bond donors (Lipinski definition) is 1. The number of nitrogens with one attached hydrogen (secondary N) is 1. The zero-order chi connectivity index (χ0) is 25.8. The molecule has 0 saturated carbocycles. The summed E-state index contributed by atoms with van der Waals surface area (Å²) in [7, 11) is 0. The number of nitrogens with zero attached hydrogens (tertiary/aromatic N) is 2. The largest absolute Gasteiger partial charge is 0.494 e. The molecule has 0 aromatic heterocycles. The van der Waals surface area contributed by atoms with Crippen LogP contribution in [0.25, 0.3) is 0 Å². The van der Waals surface area contributed by atoms with Crippen molar-refractivity contribution < 1.29 is 28.7 Å². The van der Waals surface area contributed by atoms with Gasteiger partial charge in [0.25, 0.3) is 11.6 Å². The predicted molar refractivity (Wildman–Crippen MR) is 133 cm³/mol. The van der Waals surface area contributed by atoms with Gasteiger partial charge in [-0.3, -0.25) is 14.9 Å². The molecule has 0 spiro atoms. The van der Waals surface area contributed by atoms with E-state index in [2.05, 4.69) is 17.5 Å². The summed E-state index contributed by atoms with van der Waals surface area (Å²) in [6.45, 7) is 2.41. The summed E-state index contributed by atoms with van der Waals surface area (Å²) >= 11 is 0. The van der Waals surface area contributed by atoms with Crippen LogP contribution in [0, 0.1) is 10.1 Å². The molecule has 0 radical (unpaired) electrons. The van der Waals surface area contributed by atoms with Crippen LogP contribution < -0.4 is 19.6 Å². The summed E-state index contributed by atoms with van der Waals surface area (Å²) in [5.41, 5.74) is 3.32. The van der Waals surface area contributed by atoms with Gasteiger partial charge in [-0.2, -0.15) is 5.10 Å². The van der Waals surface area contributed by atoms with Gasteiger partial charge < -0.3 is 14.2 Å². The topological polar surface area (TPSA) is 129 Å². The number of nitro groups is 1. The van der Waals surface area contributed by atoms with Crippen LogP contribution in [0.1, 0.15) is 35.7 Å². The maximum absolute atomic E-state index is 12.3. The molecule has 0 aliphatic heterocycles. The average molecular weight is 492 g/mol. The van der Waals surface area contributed by atoms with Crippen LogP contribution in [0.2, 0.25) is 0 Å². The number of esters is 1. The number of carbonyl (C=O) groups excluding carboxylic acids is 2. The Kier molecular flexibility index (Phi) is 9.51. The Balaban J connectivity index is 1.42. The number of amides is 1. The van der Waals surface area contributed by atoms with Crippen molar-refractivity contribution in [1.29, 1.82) is 0 Å². The van der Waals surface area contributed by atoms with Gasteiger partial charge in [0.2, 0.25) is 0 Å². The van der Waals surface area contributed by atoms with E-state index in [-0.39, 0.29) is 12.3 Å². The molecular weight excluding hydrogens is 466 g/mol. The third kappa shape index (κ3) is 8.24. The normalized spacial score (nSPS) is 10.6. The molecule has 10 heteroatoms. The summed E-state index contributed by atoms with van der Waals surface area (Å²) in [5, 5.41) is 14.5. The van der Waals surface area contributed by atoms with Crippen LogP contribution in [0.15, 0.2) is 77.9 Å². The lowest BCUT2D eigenvalue weighted by Crippen LogP contribution is -2.24. The van der Waals surface area contributed by atoms with Crippen molar-refractivity contribution in [2.45, 2.75) is 19.8 Å². The van der Waals surface area contributed by atoms with Crippen LogP contribution in [0.5, 0.6) is 17.2 Å². The summed E-state index contributed by atoms with van der Waals surface area (Å²) in [5.74, 6) is 0.393. The van der Waals surface area contributed by atoms with E-state index in [0.29, 0.717) is 35.0 Å². The van der Waals surface area contributed by atoms with Gasteiger partial charge in [0.05, 0.1) is 23.3 Å². The number of non-ortho nitro benzene ring substituents is 1. The third-order valence-corrected chi connectivity index (χ3v) is 4.77.